The number of nitrogens with one attached hydrogen (secondary N) is 1. The topological polar surface area (TPSA) is 12.0 Å². The summed E-state index contributed by atoms with van der Waals surface area (Å²) in [5.74, 6) is 0. The fourth-order valence-corrected chi connectivity index (χ4v) is 3.27. The van der Waals surface area contributed by atoms with Gasteiger partial charge in [-0.05, 0) is 38.0 Å². The molecule has 1 nitrogen and oxygen atoms in total. The van der Waals surface area contributed by atoms with Crippen molar-refractivity contribution >= 4 is 11.8 Å². The van der Waals surface area contributed by atoms with Crippen LogP contribution in [-0.4, -0.2) is 17.5 Å². The van der Waals surface area contributed by atoms with Crippen LogP contribution in [0.3, 0.4) is 0 Å². The number of hydrogen-bond donors (Lipinski definition) is 1. The first-order valence-corrected chi connectivity index (χ1v) is 8.68. The van der Waals surface area contributed by atoms with Gasteiger partial charge < -0.3 is 5.32 Å². The zero-order valence-electron chi connectivity index (χ0n) is 13.1. The summed E-state index contributed by atoms with van der Waals surface area (Å²) in [6.07, 6.45) is 5.83. The summed E-state index contributed by atoms with van der Waals surface area (Å²) in [6.45, 7) is 10.1. The lowest BCUT2D eigenvalue weighted by molar-refractivity contribution is 0.438. The monoisotopic (exact) mass is 279 g/mol. The molecular formula is C17H29NS. The molecule has 1 aromatic carbocycles. The van der Waals surface area contributed by atoms with Gasteiger partial charge in [0.25, 0.3) is 0 Å². The Morgan fingerprint density at radius 3 is 2.11 bits per heavy atom. The summed E-state index contributed by atoms with van der Waals surface area (Å²) in [4.78, 5) is 0. The van der Waals surface area contributed by atoms with Crippen LogP contribution < -0.4 is 5.32 Å². The molecule has 1 N–H and O–H groups in total. The van der Waals surface area contributed by atoms with Crippen molar-refractivity contribution in [1.82, 2.24) is 5.32 Å². The van der Waals surface area contributed by atoms with Gasteiger partial charge in [0, 0.05) is 17.3 Å². The molecule has 19 heavy (non-hydrogen) atoms. The van der Waals surface area contributed by atoms with Crippen molar-refractivity contribution in [1.29, 1.82) is 0 Å². The fraction of sp³-hybridized carbons (Fsp3) is 0.647. The molecule has 0 aliphatic heterocycles. The maximum absolute atomic E-state index is 3.78. The Morgan fingerprint density at radius 2 is 1.68 bits per heavy atom. The van der Waals surface area contributed by atoms with Crippen LogP contribution in [0.15, 0.2) is 24.3 Å². The molecule has 0 aliphatic carbocycles. The van der Waals surface area contributed by atoms with Crippen LogP contribution in [0.25, 0.3) is 0 Å². The molecule has 0 aromatic heterocycles. The fourth-order valence-electron chi connectivity index (χ4n) is 2.47. The van der Waals surface area contributed by atoms with E-state index in [4.69, 9.17) is 0 Å². The van der Waals surface area contributed by atoms with E-state index in [9.17, 15) is 0 Å². The molecule has 0 spiro atoms. The highest BCUT2D eigenvalue weighted by Gasteiger charge is 2.25. The van der Waals surface area contributed by atoms with Crippen LogP contribution in [0.1, 0.15) is 57.2 Å². The summed E-state index contributed by atoms with van der Waals surface area (Å²) in [5.41, 5.74) is 2.74. The van der Waals surface area contributed by atoms with Crippen LogP contribution in [0.5, 0.6) is 0 Å². The highest BCUT2D eigenvalue weighted by atomic mass is 32.2. The van der Waals surface area contributed by atoms with Crippen molar-refractivity contribution in [3.63, 3.8) is 0 Å². The molecule has 0 amide bonds. The van der Waals surface area contributed by atoms with Crippen LogP contribution in [0, 0.1) is 6.92 Å². The maximum atomic E-state index is 3.78. The van der Waals surface area contributed by atoms with Gasteiger partial charge in [-0.3, -0.25) is 0 Å². The van der Waals surface area contributed by atoms with E-state index in [2.05, 4.69) is 63.5 Å². The Labute approximate surface area is 123 Å². The minimum atomic E-state index is 0.387. The van der Waals surface area contributed by atoms with Crippen molar-refractivity contribution in [3.8, 4) is 0 Å². The molecule has 1 atom stereocenters. The van der Waals surface area contributed by atoms with E-state index in [0.717, 1.165) is 13.0 Å². The molecular weight excluding hydrogens is 250 g/mol. The molecule has 0 aliphatic rings. The van der Waals surface area contributed by atoms with Gasteiger partial charge in [-0.15, -0.1) is 0 Å². The van der Waals surface area contributed by atoms with Crippen LogP contribution in [0.4, 0.5) is 0 Å². The normalized spacial score (nSPS) is 13.5. The van der Waals surface area contributed by atoms with E-state index in [-0.39, 0.29) is 0 Å². The molecule has 1 aromatic rings. The summed E-state index contributed by atoms with van der Waals surface area (Å²) < 4.78 is 0.387. The Kier molecular flexibility index (Phi) is 6.95. The van der Waals surface area contributed by atoms with Crippen molar-refractivity contribution in [3.05, 3.63) is 35.4 Å². The third-order valence-corrected chi connectivity index (χ3v) is 5.87. The van der Waals surface area contributed by atoms with E-state index in [0.29, 0.717) is 10.8 Å². The van der Waals surface area contributed by atoms with E-state index in [1.807, 2.05) is 11.8 Å². The second-order valence-electron chi connectivity index (χ2n) is 5.35. The van der Waals surface area contributed by atoms with Crippen LogP contribution in [0.2, 0.25) is 0 Å². The van der Waals surface area contributed by atoms with Gasteiger partial charge in [-0.1, -0.05) is 50.6 Å². The minimum absolute atomic E-state index is 0.387. The first kappa shape index (κ1) is 16.6. The van der Waals surface area contributed by atoms with E-state index < -0.39 is 0 Å². The van der Waals surface area contributed by atoms with Gasteiger partial charge in [0.05, 0.1) is 0 Å². The Morgan fingerprint density at radius 1 is 1.11 bits per heavy atom. The third kappa shape index (κ3) is 4.54. The Balaban J connectivity index is 2.69. The van der Waals surface area contributed by atoms with Crippen LogP contribution in [-0.2, 0) is 0 Å². The second-order valence-corrected chi connectivity index (χ2v) is 6.62. The molecule has 2 heteroatoms. The van der Waals surface area contributed by atoms with Crippen molar-refractivity contribution in [2.75, 3.05) is 12.8 Å². The lowest BCUT2D eigenvalue weighted by Gasteiger charge is -2.32. The molecule has 1 rings (SSSR count). The second kappa shape index (κ2) is 7.96. The lowest BCUT2D eigenvalue weighted by Crippen LogP contribution is -2.38. The van der Waals surface area contributed by atoms with E-state index in [1.165, 1.54) is 24.0 Å². The predicted molar refractivity (Wildman–Crippen MR) is 89.0 cm³/mol. The highest BCUT2D eigenvalue weighted by Crippen LogP contribution is 2.30. The largest absolute Gasteiger partial charge is 0.309 e. The van der Waals surface area contributed by atoms with Gasteiger partial charge in [0.2, 0.25) is 0 Å². The SMILES string of the molecule is CCC(NCC(CC)(CC)SC)c1ccc(C)cc1. The molecule has 0 radical (unpaired) electrons. The first-order chi connectivity index (χ1) is 9.10. The van der Waals surface area contributed by atoms with Crippen molar-refractivity contribution < 1.29 is 0 Å². The molecule has 108 valence electrons. The van der Waals surface area contributed by atoms with E-state index in [1.54, 1.807) is 0 Å². The molecule has 0 fully saturated rings. The van der Waals surface area contributed by atoms with Gasteiger partial charge in [-0.25, -0.2) is 0 Å². The summed E-state index contributed by atoms with van der Waals surface area (Å²) >= 11 is 2.00. The van der Waals surface area contributed by atoms with Gasteiger partial charge >= 0.3 is 0 Å². The third-order valence-electron chi connectivity index (χ3n) is 4.28. The quantitative estimate of drug-likeness (QED) is 0.722. The number of rotatable bonds is 8. The van der Waals surface area contributed by atoms with Gasteiger partial charge in [0.15, 0.2) is 0 Å². The Bertz CT molecular complexity index is 346. The molecule has 0 saturated heterocycles. The zero-order chi connectivity index (χ0) is 14.3. The predicted octanol–water partition coefficient (Wildman–Crippen LogP) is 4.96. The maximum Gasteiger partial charge on any atom is 0.0318 e. The number of hydrogen-bond acceptors (Lipinski definition) is 2. The first-order valence-electron chi connectivity index (χ1n) is 7.45. The van der Waals surface area contributed by atoms with E-state index >= 15 is 0 Å². The van der Waals surface area contributed by atoms with Crippen molar-refractivity contribution in [2.45, 2.75) is 57.7 Å². The average molecular weight is 279 g/mol. The number of thioether (sulfide) groups is 1. The average Bonchev–Trinajstić information content (AvgIpc) is 2.46. The number of benzene rings is 1. The highest BCUT2D eigenvalue weighted by molar-refractivity contribution is 8.00. The smallest absolute Gasteiger partial charge is 0.0318 e. The summed E-state index contributed by atoms with van der Waals surface area (Å²) in [6, 6.07) is 9.41. The summed E-state index contributed by atoms with van der Waals surface area (Å²) in [7, 11) is 0. The zero-order valence-corrected chi connectivity index (χ0v) is 13.9. The number of aryl methyl sites for hydroxylation is 1. The van der Waals surface area contributed by atoms with Gasteiger partial charge in [-0.2, -0.15) is 11.8 Å². The molecule has 1 unspecified atom stereocenters. The summed E-state index contributed by atoms with van der Waals surface area (Å²) in [5, 5.41) is 3.78. The minimum Gasteiger partial charge on any atom is -0.309 e. The van der Waals surface area contributed by atoms with Crippen LogP contribution >= 0.6 is 11.8 Å². The molecule has 0 bridgehead atoms. The lowest BCUT2D eigenvalue weighted by atomic mass is 9.99. The molecule has 0 heterocycles. The van der Waals surface area contributed by atoms with Gasteiger partial charge in [0.1, 0.15) is 0 Å². The Hall–Kier alpha value is -0.470. The standard InChI is InChI=1S/C17H29NS/c1-6-16(15-11-9-14(4)10-12-15)18-13-17(7-2,8-3)19-5/h9-12,16,18H,6-8,13H2,1-5H3. The molecule has 0 saturated carbocycles. The van der Waals surface area contributed by atoms with Crippen molar-refractivity contribution in [2.24, 2.45) is 0 Å².